The molecule has 1 aromatic carbocycles. The largest absolute Gasteiger partial charge is 0.465 e. The highest BCUT2D eigenvalue weighted by atomic mass is 16.5. The zero-order valence-corrected chi connectivity index (χ0v) is 20.1. The first-order valence-corrected chi connectivity index (χ1v) is 12.9. The van der Waals surface area contributed by atoms with Gasteiger partial charge >= 0.3 is 5.97 Å². The van der Waals surface area contributed by atoms with Crippen LogP contribution < -0.4 is 0 Å². The van der Waals surface area contributed by atoms with E-state index in [0.717, 1.165) is 11.9 Å². The van der Waals surface area contributed by atoms with Crippen molar-refractivity contribution in [3.63, 3.8) is 0 Å². The number of unbranched alkanes of at least 4 members (excludes halogenated alkanes) is 15. The second-order valence-electron chi connectivity index (χ2n) is 9.12. The Balaban J connectivity index is 1.44. The predicted octanol–water partition coefficient (Wildman–Crippen LogP) is 8.76. The number of aryl methyl sites for hydroxylation is 1. The lowest BCUT2D eigenvalue weighted by Gasteiger charge is -2.04. The van der Waals surface area contributed by atoms with Crippen LogP contribution in [0.3, 0.4) is 0 Å². The zero-order chi connectivity index (χ0) is 22.2. The highest BCUT2D eigenvalue weighted by molar-refractivity contribution is 5.95. The molecule has 0 bridgehead atoms. The van der Waals surface area contributed by atoms with Gasteiger partial charge in [-0.2, -0.15) is 0 Å². The molecule has 3 nitrogen and oxygen atoms in total. The van der Waals surface area contributed by atoms with Crippen molar-refractivity contribution in [3.05, 3.63) is 35.5 Å². The number of methoxy groups -OCH3 is 1. The fraction of sp³-hybridized carbons (Fsp3) is 0.679. The summed E-state index contributed by atoms with van der Waals surface area (Å²) < 4.78 is 4.80. The number of hydrogen-bond acceptors (Lipinski definition) is 2. The van der Waals surface area contributed by atoms with Gasteiger partial charge in [0.15, 0.2) is 0 Å². The van der Waals surface area contributed by atoms with Gasteiger partial charge in [-0.15, -0.1) is 0 Å². The molecule has 0 aliphatic carbocycles. The van der Waals surface area contributed by atoms with Gasteiger partial charge in [-0.05, 0) is 30.5 Å². The summed E-state index contributed by atoms with van der Waals surface area (Å²) in [6.45, 7) is 2.29. The Kier molecular flexibility index (Phi) is 13.1. The standard InChI is InChI=1S/C28H45NO2/c1-3-4-5-6-7-8-9-10-11-12-13-14-15-16-17-18-19-25-23-29-27-22-24(28(30)31-2)20-21-26(25)27/h20-23,29H,3-19H2,1-2H3. The van der Waals surface area contributed by atoms with Gasteiger partial charge in [-0.25, -0.2) is 4.79 Å². The van der Waals surface area contributed by atoms with E-state index in [9.17, 15) is 4.79 Å². The molecule has 1 heterocycles. The Bertz CT molecular complexity index is 734. The molecule has 0 saturated carbocycles. The monoisotopic (exact) mass is 427 g/mol. The van der Waals surface area contributed by atoms with Crippen LogP contribution in [0, 0.1) is 0 Å². The van der Waals surface area contributed by atoms with E-state index in [2.05, 4.69) is 18.1 Å². The fourth-order valence-electron chi connectivity index (χ4n) is 4.50. The van der Waals surface area contributed by atoms with Gasteiger partial charge in [-0.3, -0.25) is 0 Å². The Hall–Kier alpha value is -1.77. The average Bonchev–Trinajstić information content (AvgIpc) is 3.20. The van der Waals surface area contributed by atoms with Crippen LogP contribution >= 0.6 is 0 Å². The minimum absolute atomic E-state index is 0.282. The molecule has 0 aliphatic heterocycles. The summed E-state index contributed by atoms with van der Waals surface area (Å²) in [6.07, 6.45) is 25.6. The van der Waals surface area contributed by atoms with Crippen molar-refractivity contribution in [3.8, 4) is 0 Å². The molecule has 1 aromatic heterocycles. The fourth-order valence-corrected chi connectivity index (χ4v) is 4.50. The summed E-state index contributed by atoms with van der Waals surface area (Å²) in [5.74, 6) is -0.282. The number of esters is 1. The van der Waals surface area contributed by atoms with Crippen LogP contribution in [0.5, 0.6) is 0 Å². The minimum atomic E-state index is -0.282. The number of fused-ring (bicyclic) bond motifs is 1. The summed E-state index contributed by atoms with van der Waals surface area (Å²) >= 11 is 0. The van der Waals surface area contributed by atoms with Crippen molar-refractivity contribution >= 4 is 16.9 Å². The van der Waals surface area contributed by atoms with Crippen LogP contribution in [0.2, 0.25) is 0 Å². The number of benzene rings is 1. The second-order valence-corrected chi connectivity index (χ2v) is 9.12. The third-order valence-electron chi connectivity index (χ3n) is 6.49. The zero-order valence-electron chi connectivity index (χ0n) is 20.1. The van der Waals surface area contributed by atoms with Gasteiger partial charge in [0.05, 0.1) is 12.7 Å². The lowest BCUT2D eigenvalue weighted by atomic mass is 10.0. The first-order chi connectivity index (χ1) is 15.3. The van der Waals surface area contributed by atoms with Gasteiger partial charge in [0.2, 0.25) is 0 Å². The number of rotatable bonds is 18. The number of aromatic amines is 1. The minimum Gasteiger partial charge on any atom is -0.465 e. The first-order valence-electron chi connectivity index (χ1n) is 12.9. The van der Waals surface area contributed by atoms with Crippen molar-refractivity contribution in [2.24, 2.45) is 0 Å². The van der Waals surface area contributed by atoms with E-state index in [1.165, 1.54) is 121 Å². The second kappa shape index (κ2) is 15.9. The molecular formula is C28H45NO2. The van der Waals surface area contributed by atoms with Crippen LogP contribution in [-0.4, -0.2) is 18.1 Å². The molecule has 0 atom stereocenters. The molecule has 0 spiro atoms. The van der Waals surface area contributed by atoms with E-state index in [1.807, 2.05) is 18.2 Å². The van der Waals surface area contributed by atoms with Crippen LogP contribution in [-0.2, 0) is 11.2 Å². The molecule has 31 heavy (non-hydrogen) atoms. The van der Waals surface area contributed by atoms with Crippen molar-refractivity contribution in [2.45, 2.75) is 116 Å². The van der Waals surface area contributed by atoms with Gasteiger partial charge in [0, 0.05) is 17.1 Å². The summed E-state index contributed by atoms with van der Waals surface area (Å²) in [6, 6.07) is 5.79. The molecule has 1 N–H and O–H groups in total. The lowest BCUT2D eigenvalue weighted by molar-refractivity contribution is 0.0601. The number of aromatic nitrogens is 1. The van der Waals surface area contributed by atoms with E-state index in [4.69, 9.17) is 4.74 Å². The van der Waals surface area contributed by atoms with E-state index < -0.39 is 0 Å². The smallest absolute Gasteiger partial charge is 0.337 e. The van der Waals surface area contributed by atoms with Gasteiger partial charge in [0.1, 0.15) is 0 Å². The normalized spacial score (nSPS) is 11.3. The molecule has 3 heteroatoms. The van der Waals surface area contributed by atoms with Gasteiger partial charge in [-0.1, -0.05) is 109 Å². The summed E-state index contributed by atoms with van der Waals surface area (Å²) in [5, 5.41) is 1.23. The molecule has 0 fully saturated rings. The quantitative estimate of drug-likeness (QED) is 0.191. The van der Waals surface area contributed by atoms with E-state index in [-0.39, 0.29) is 5.97 Å². The Morgan fingerprint density at radius 3 is 1.81 bits per heavy atom. The first kappa shape index (κ1) is 25.5. The number of H-pyrrole nitrogens is 1. The van der Waals surface area contributed by atoms with Gasteiger partial charge < -0.3 is 9.72 Å². The molecule has 0 radical (unpaired) electrons. The molecule has 0 aliphatic rings. The maximum Gasteiger partial charge on any atom is 0.337 e. The van der Waals surface area contributed by atoms with E-state index >= 15 is 0 Å². The molecule has 0 amide bonds. The average molecular weight is 428 g/mol. The highest BCUT2D eigenvalue weighted by Gasteiger charge is 2.09. The van der Waals surface area contributed by atoms with Crippen molar-refractivity contribution in [2.75, 3.05) is 7.11 Å². The Morgan fingerprint density at radius 1 is 0.774 bits per heavy atom. The predicted molar refractivity (Wildman–Crippen MR) is 133 cm³/mol. The van der Waals surface area contributed by atoms with Crippen LogP contribution in [0.1, 0.15) is 126 Å². The van der Waals surface area contributed by atoms with Crippen LogP contribution in [0.25, 0.3) is 10.9 Å². The third-order valence-corrected chi connectivity index (χ3v) is 6.49. The maximum absolute atomic E-state index is 11.7. The number of carbonyl (C=O) groups excluding carboxylic acids is 1. The molecular weight excluding hydrogens is 382 g/mol. The maximum atomic E-state index is 11.7. The molecule has 174 valence electrons. The topological polar surface area (TPSA) is 42.1 Å². The Labute approximate surface area is 190 Å². The summed E-state index contributed by atoms with van der Waals surface area (Å²) in [5.41, 5.74) is 2.98. The molecule has 2 rings (SSSR count). The summed E-state index contributed by atoms with van der Waals surface area (Å²) in [7, 11) is 1.42. The van der Waals surface area contributed by atoms with Gasteiger partial charge in [0.25, 0.3) is 0 Å². The molecule has 0 unspecified atom stereocenters. The number of hydrogen-bond donors (Lipinski definition) is 1. The Morgan fingerprint density at radius 2 is 1.29 bits per heavy atom. The van der Waals surface area contributed by atoms with E-state index in [1.54, 1.807) is 0 Å². The number of carbonyl (C=O) groups is 1. The highest BCUT2D eigenvalue weighted by Crippen LogP contribution is 2.22. The van der Waals surface area contributed by atoms with E-state index in [0.29, 0.717) is 5.56 Å². The third kappa shape index (κ3) is 9.93. The number of nitrogens with one attached hydrogen (secondary N) is 1. The van der Waals surface area contributed by atoms with Crippen LogP contribution in [0.15, 0.2) is 24.4 Å². The lowest BCUT2D eigenvalue weighted by Crippen LogP contribution is -2.00. The van der Waals surface area contributed by atoms with Crippen molar-refractivity contribution in [1.82, 2.24) is 4.98 Å². The van der Waals surface area contributed by atoms with Crippen molar-refractivity contribution < 1.29 is 9.53 Å². The van der Waals surface area contributed by atoms with Crippen molar-refractivity contribution in [1.29, 1.82) is 0 Å². The number of ether oxygens (including phenoxy) is 1. The van der Waals surface area contributed by atoms with Crippen LogP contribution in [0.4, 0.5) is 0 Å². The molecule has 2 aromatic rings. The SMILES string of the molecule is CCCCCCCCCCCCCCCCCCc1c[nH]c2cc(C(=O)OC)ccc12. The molecule has 0 saturated heterocycles. The summed E-state index contributed by atoms with van der Waals surface area (Å²) in [4.78, 5) is 15.0.